The Morgan fingerprint density at radius 2 is 0.909 bits per heavy atom. The molecule has 2 aliphatic rings. The molecule has 2 saturated carbocycles. The summed E-state index contributed by atoms with van der Waals surface area (Å²) < 4.78 is 11.0. The fourth-order valence-electron chi connectivity index (χ4n) is 2.98. The van der Waals surface area contributed by atoms with Crippen LogP contribution in [0.25, 0.3) is 0 Å². The largest absolute Gasteiger partial charge is 0.379 e. The Balaban J connectivity index is 0. The molecule has 0 aliphatic heterocycles. The zero-order chi connectivity index (χ0) is 14.8. The molecule has 0 unspecified atom stereocenters. The van der Waals surface area contributed by atoms with Crippen LogP contribution in [0, 0.1) is 0 Å². The standard InChI is InChI=1S/2C8H17NO.2ClH/c2*1-2-10-8-5-3-7(9)4-6-8;;/h2*7-8H,2-6,9H2,1H3;2*1H. The van der Waals surface area contributed by atoms with E-state index in [9.17, 15) is 0 Å². The molecule has 0 bridgehead atoms. The molecule has 4 N–H and O–H groups in total. The highest BCUT2D eigenvalue weighted by atomic mass is 35.5. The van der Waals surface area contributed by atoms with Gasteiger partial charge in [0.25, 0.3) is 0 Å². The minimum atomic E-state index is 0. The minimum Gasteiger partial charge on any atom is -0.379 e. The van der Waals surface area contributed by atoms with Gasteiger partial charge in [-0.1, -0.05) is 0 Å². The van der Waals surface area contributed by atoms with Crippen LogP contribution in [0.3, 0.4) is 0 Å². The second-order valence-electron chi connectivity index (χ2n) is 5.98. The maximum Gasteiger partial charge on any atom is 0.0576 e. The van der Waals surface area contributed by atoms with Crippen LogP contribution in [0.15, 0.2) is 0 Å². The summed E-state index contributed by atoms with van der Waals surface area (Å²) in [7, 11) is 0. The SMILES string of the molecule is CCOC1CCC(N)CC1.CCOC1CCC(N)CC1.Cl.Cl. The van der Waals surface area contributed by atoms with Crippen LogP contribution in [0.1, 0.15) is 65.2 Å². The van der Waals surface area contributed by atoms with Gasteiger partial charge < -0.3 is 20.9 Å². The average Bonchev–Trinajstić information content (AvgIpc) is 2.45. The van der Waals surface area contributed by atoms with Crippen LogP contribution in [-0.4, -0.2) is 37.5 Å². The Bertz CT molecular complexity index is 208. The van der Waals surface area contributed by atoms with E-state index in [-0.39, 0.29) is 24.8 Å². The van der Waals surface area contributed by atoms with Gasteiger partial charge in [0.15, 0.2) is 0 Å². The van der Waals surface area contributed by atoms with E-state index >= 15 is 0 Å². The summed E-state index contributed by atoms with van der Waals surface area (Å²) in [6.07, 6.45) is 10.2. The first kappa shape index (κ1) is 24.7. The molecule has 0 aromatic heterocycles. The first-order valence-electron chi connectivity index (χ1n) is 8.40. The molecule has 22 heavy (non-hydrogen) atoms. The van der Waals surface area contributed by atoms with Gasteiger partial charge >= 0.3 is 0 Å². The summed E-state index contributed by atoms with van der Waals surface area (Å²) in [4.78, 5) is 0. The topological polar surface area (TPSA) is 70.5 Å². The van der Waals surface area contributed by atoms with Crippen molar-refractivity contribution in [3.05, 3.63) is 0 Å². The molecule has 0 amide bonds. The Labute approximate surface area is 148 Å². The van der Waals surface area contributed by atoms with Crippen molar-refractivity contribution in [3.8, 4) is 0 Å². The summed E-state index contributed by atoms with van der Waals surface area (Å²) in [6, 6.07) is 0.883. The van der Waals surface area contributed by atoms with Gasteiger partial charge in [0.05, 0.1) is 12.2 Å². The van der Waals surface area contributed by atoms with Crippen molar-refractivity contribution in [1.82, 2.24) is 0 Å². The number of nitrogens with two attached hydrogens (primary N) is 2. The van der Waals surface area contributed by atoms with E-state index in [4.69, 9.17) is 20.9 Å². The molecular formula is C16H36Cl2N2O2. The Morgan fingerprint density at radius 3 is 1.14 bits per heavy atom. The maximum atomic E-state index is 5.74. The molecule has 0 aromatic carbocycles. The van der Waals surface area contributed by atoms with Crippen molar-refractivity contribution in [2.24, 2.45) is 11.5 Å². The van der Waals surface area contributed by atoms with Gasteiger partial charge in [-0.2, -0.15) is 0 Å². The van der Waals surface area contributed by atoms with Gasteiger partial charge in [0.2, 0.25) is 0 Å². The van der Waals surface area contributed by atoms with E-state index in [2.05, 4.69) is 13.8 Å². The Morgan fingerprint density at radius 1 is 0.636 bits per heavy atom. The van der Waals surface area contributed by atoms with Gasteiger partial charge in [-0.25, -0.2) is 0 Å². The number of halogens is 2. The van der Waals surface area contributed by atoms with Gasteiger partial charge in [-0.15, -0.1) is 24.8 Å². The molecule has 0 aromatic rings. The van der Waals surface area contributed by atoms with E-state index in [0.29, 0.717) is 24.3 Å². The van der Waals surface area contributed by atoms with Gasteiger partial charge in [0, 0.05) is 25.3 Å². The maximum absolute atomic E-state index is 5.74. The van der Waals surface area contributed by atoms with Gasteiger partial charge in [-0.05, 0) is 65.2 Å². The van der Waals surface area contributed by atoms with Crippen molar-refractivity contribution in [2.75, 3.05) is 13.2 Å². The summed E-state index contributed by atoms with van der Waals surface area (Å²) in [5, 5.41) is 0. The van der Waals surface area contributed by atoms with Gasteiger partial charge in [-0.3, -0.25) is 0 Å². The van der Waals surface area contributed by atoms with E-state index in [0.717, 1.165) is 64.6 Å². The molecular weight excluding hydrogens is 323 g/mol. The fraction of sp³-hybridized carbons (Fsp3) is 1.00. The lowest BCUT2D eigenvalue weighted by Gasteiger charge is -2.25. The van der Waals surface area contributed by atoms with E-state index in [1.807, 2.05) is 0 Å². The summed E-state index contributed by atoms with van der Waals surface area (Å²) in [5.41, 5.74) is 11.5. The molecule has 0 saturated heterocycles. The summed E-state index contributed by atoms with van der Waals surface area (Å²) >= 11 is 0. The van der Waals surface area contributed by atoms with Crippen LogP contribution >= 0.6 is 24.8 Å². The zero-order valence-corrected chi connectivity index (χ0v) is 15.8. The van der Waals surface area contributed by atoms with Crippen LogP contribution in [0.5, 0.6) is 0 Å². The lowest BCUT2D eigenvalue weighted by molar-refractivity contribution is 0.0332. The van der Waals surface area contributed by atoms with Crippen LogP contribution in [-0.2, 0) is 9.47 Å². The lowest BCUT2D eigenvalue weighted by atomic mass is 9.94. The quantitative estimate of drug-likeness (QED) is 0.807. The normalized spacial score (nSPS) is 31.1. The second-order valence-corrected chi connectivity index (χ2v) is 5.98. The molecule has 2 rings (SSSR count). The van der Waals surface area contributed by atoms with Crippen molar-refractivity contribution >= 4 is 24.8 Å². The molecule has 0 spiro atoms. The fourth-order valence-corrected chi connectivity index (χ4v) is 2.98. The number of rotatable bonds is 4. The molecule has 2 fully saturated rings. The highest BCUT2D eigenvalue weighted by Gasteiger charge is 2.18. The summed E-state index contributed by atoms with van der Waals surface area (Å²) in [6.45, 7) is 5.79. The minimum absolute atomic E-state index is 0. The van der Waals surface area contributed by atoms with Gasteiger partial charge in [0.1, 0.15) is 0 Å². The molecule has 4 nitrogen and oxygen atoms in total. The number of hydrogen-bond donors (Lipinski definition) is 2. The predicted molar refractivity (Wildman–Crippen MR) is 98.2 cm³/mol. The molecule has 0 heterocycles. The molecule has 0 atom stereocenters. The van der Waals surface area contributed by atoms with Crippen molar-refractivity contribution in [1.29, 1.82) is 0 Å². The third-order valence-electron chi connectivity index (χ3n) is 4.24. The highest BCUT2D eigenvalue weighted by molar-refractivity contribution is 5.85. The van der Waals surface area contributed by atoms with Crippen LogP contribution in [0.2, 0.25) is 0 Å². The molecule has 0 radical (unpaired) electrons. The monoisotopic (exact) mass is 358 g/mol. The molecule has 2 aliphatic carbocycles. The first-order valence-corrected chi connectivity index (χ1v) is 8.40. The second kappa shape index (κ2) is 15.0. The molecule has 136 valence electrons. The third-order valence-corrected chi connectivity index (χ3v) is 4.24. The number of ether oxygens (including phenoxy) is 2. The number of hydrogen-bond acceptors (Lipinski definition) is 4. The highest BCUT2D eigenvalue weighted by Crippen LogP contribution is 2.20. The Kier molecular flexibility index (Phi) is 16.8. The summed E-state index contributed by atoms with van der Waals surface area (Å²) in [5.74, 6) is 0. The van der Waals surface area contributed by atoms with Crippen molar-refractivity contribution in [2.45, 2.75) is 89.5 Å². The van der Waals surface area contributed by atoms with E-state index < -0.39 is 0 Å². The van der Waals surface area contributed by atoms with E-state index in [1.54, 1.807) is 0 Å². The van der Waals surface area contributed by atoms with E-state index in [1.165, 1.54) is 0 Å². The molecule has 6 heteroatoms. The van der Waals surface area contributed by atoms with Crippen molar-refractivity contribution < 1.29 is 9.47 Å². The average molecular weight is 359 g/mol. The smallest absolute Gasteiger partial charge is 0.0576 e. The van der Waals surface area contributed by atoms with Crippen molar-refractivity contribution in [3.63, 3.8) is 0 Å². The zero-order valence-electron chi connectivity index (χ0n) is 14.2. The third kappa shape index (κ3) is 11.0. The lowest BCUT2D eigenvalue weighted by Crippen LogP contribution is -2.30. The predicted octanol–water partition coefficient (Wildman–Crippen LogP) is 3.43. The van der Waals surface area contributed by atoms with Crippen LogP contribution in [0.4, 0.5) is 0 Å². The first-order chi connectivity index (χ1) is 9.65. The Hall–Kier alpha value is 0.420. The van der Waals surface area contributed by atoms with Crippen LogP contribution < -0.4 is 11.5 Å².